The van der Waals surface area contributed by atoms with Crippen molar-refractivity contribution >= 4 is 27.8 Å². The molecule has 0 bridgehead atoms. The molecule has 1 fully saturated rings. The number of Topliss-reactive ketones (excluding diaryl/α,β-unsaturated/α-hetero) is 1. The predicted octanol–water partition coefficient (Wildman–Crippen LogP) is 4.95. The molecule has 0 unspecified atom stereocenters. The Morgan fingerprint density at radius 1 is 1.31 bits per heavy atom. The molecule has 1 aromatic carbocycles. The van der Waals surface area contributed by atoms with Crippen LogP contribution in [0.3, 0.4) is 0 Å². The highest BCUT2D eigenvalue weighted by molar-refractivity contribution is 9.10. The highest BCUT2D eigenvalue weighted by Crippen LogP contribution is 2.28. The first kappa shape index (κ1) is 20.4. The van der Waals surface area contributed by atoms with Gasteiger partial charge >= 0.3 is 6.09 Å². The summed E-state index contributed by atoms with van der Waals surface area (Å²) in [5, 5.41) is 9.21. The molecule has 1 aromatic rings. The van der Waals surface area contributed by atoms with Crippen molar-refractivity contribution in [2.45, 2.75) is 58.1 Å². The Morgan fingerprint density at radius 2 is 1.96 bits per heavy atom. The number of ketones is 1. The predicted molar refractivity (Wildman–Crippen MR) is 103 cm³/mol. The van der Waals surface area contributed by atoms with E-state index < -0.39 is 5.60 Å². The molecule has 1 heterocycles. The zero-order valence-corrected chi connectivity index (χ0v) is 17.1. The molecule has 2 atom stereocenters. The lowest BCUT2D eigenvalue weighted by molar-refractivity contribution is 0.0216. The minimum absolute atomic E-state index is 0.0489. The molecule has 140 valence electrons. The fourth-order valence-corrected chi connectivity index (χ4v) is 3.37. The molecule has 0 aliphatic carbocycles. The largest absolute Gasteiger partial charge is 0.444 e. The van der Waals surface area contributed by atoms with Crippen LogP contribution < -0.4 is 0 Å². The van der Waals surface area contributed by atoms with Crippen molar-refractivity contribution in [2.24, 2.45) is 5.92 Å². The molecule has 0 aromatic heterocycles. The summed E-state index contributed by atoms with van der Waals surface area (Å²) in [6, 6.07) is 9.52. The van der Waals surface area contributed by atoms with E-state index in [9.17, 15) is 14.9 Å². The molecule has 1 aliphatic rings. The van der Waals surface area contributed by atoms with Crippen molar-refractivity contribution in [1.82, 2.24) is 4.90 Å². The summed E-state index contributed by atoms with van der Waals surface area (Å²) in [6.07, 6.45) is 2.07. The van der Waals surface area contributed by atoms with Crippen molar-refractivity contribution in [2.75, 3.05) is 6.54 Å². The number of hydrogen-bond donors (Lipinski definition) is 0. The molecule has 0 radical (unpaired) electrons. The fraction of sp³-hybridized carbons (Fsp3) is 0.550. The van der Waals surface area contributed by atoms with Crippen molar-refractivity contribution in [3.63, 3.8) is 0 Å². The first-order valence-corrected chi connectivity index (χ1v) is 9.67. The molecule has 6 heteroatoms. The van der Waals surface area contributed by atoms with Gasteiger partial charge in [-0.25, -0.2) is 4.79 Å². The quantitative estimate of drug-likeness (QED) is 0.631. The van der Waals surface area contributed by atoms with Gasteiger partial charge in [0.15, 0.2) is 5.78 Å². The lowest BCUT2D eigenvalue weighted by Gasteiger charge is -2.28. The van der Waals surface area contributed by atoms with E-state index in [0.29, 0.717) is 37.8 Å². The van der Waals surface area contributed by atoms with Gasteiger partial charge in [0.05, 0.1) is 12.0 Å². The summed E-state index contributed by atoms with van der Waals surface area (Å²) in [7, 11) is 0. The lowest BCUT2D eigenvalue weighted by Crippen LogP contribution is -2.40. The topological polar surface area (TPSA) is 70.4 Å². The van der Waals surface area contributed by atoms with E-state index in [2.05, 4.69) is 22.0 Å². The van der Waals surface area contributed by atoms with Gasteiger partial charge in [0, 0.05) is 29.0 Å². The Bertz CT molecular complexity index is 688. The molecule has 0 saturated carbocycles. The number of carbonyl (C=O) groups is 2. The van der Waals surface area contributed by atoms with E-state index in [1.807, 2.05) is 32.9 Å². The number of likely N-dealkylation sites (tertiary alicyclic amines) is 1. The van der Waals surface area contributed by atoms with Crippen LogP contribution in [0.1, 0.15) is 56.8 Å². The van der Waals surface area contributed by atoms with Crippen LogP contribution in [0.5, 0.6) is 0 Å². The van der Waals surface area contributed by atoms with Gasteiger partial charge in [0.25, 0.3) is 0 Å². The van der Waals surface area contributed by atoms with E-state index in [1.54, 1.807) is 17.0 Å². The first-order chi connectivity index (χ1) is 12.2. The van der Waals surface area contributed by atoms with E-state index in [-0.39, 0.29) is 23.8 Å². The minimum Gasteiger partial charge on any atom is -0.444 e. The molecule has 5 nitrogen and oxygen atoms in total. The fourth-order valence-electron chi connectivity index (χ4n) is 3.11. The van der Waals surface area contributed by atoms with Crippen molar-refractivity contribution in [1.29, 1.82) is 5.26 Å². The molecular weight excluding hydrogens is 396 g/mol. The van der Waals surface area contributed by atoms with Crippen LogP contribution in [0.25, 0.3) is 0 Å². The Kier molecular flexibility index (Phi) is 6.82. The number of nitrogens with zero attached hydrogens (tertiary/aromatic N) is 2. The zero-order chi connectivity index (χ0) is 19.3. The van der Waals surface area contributed by atoms with Crippen LogP contribution in [0.15, 0.2) is 28.7 Å². The standard InChI is InChI=1S/C20H25BrN2O3/c1-20(2,3)26-19(25)23-13-14(12-22)11-17(23)5-4-6-18(24)15-7-9-16(21)10-8-15/h7-10,14,17H,4-6,11,13H2,1-3H3/t14-,17-/m1/s1. The Labute approximate surface area is 163 Å². The summed E-state index contributed by atoms with van der Waals surface area (Å²) >= 11 is 3.36. The van der Waals surface area contributed by atoms with Crippen LogP contribution in [0.4, 0.5) is 4.79 Å². The molecular formula is C20H25BrN2O3. The summed E-state index contributed by atoms with van der Waals surface area (Å²) in [5.41, 5.74) is 0.128. The maximum atomic E-state index is 12.4. The van der Waals surface area contributed by atoms with Gasteiger partial charge in [-0.3, -0.25) is 4.79 Å². The SMILES string of the molecule is CC(C)(C)OC(=O)N1C[C@@H](C#N)C[C@H]1CCCC(=O)c1ccc(Br)cc1. The number of nitriles is 1. The first-order valence-electron chi connectivity index (χ1n) is 8.87. The Balaban J connectivity index is 1.91. The molecule has 1 saturated heterocycles. The Hall–Kier alpha value is -1.87. The maximum absolute atomic E-state index is 12.4. The normalized spacial score (nSPS) is 19.9. The van der Waals surface area contributed by atoms with Crippen LogP contribution in [0.2, 0.25) is 0 Å². The molecule has 0 N–H and O–H groups in total. The van der Waals surface area contributed by atoms with Gasteiger partial charge in [0.2, 0.25) is 0 Å². The van der Waals surface area contributed by atoms with E-state index in [1.165, 1.54) is 0 Å². The lowest BCUT2D eigenvalue weighted by atomic mass is 10.00. The van der Waals surface area contributed by atoms with Gasteiger partial charge < -0.3 is 9.64 Å². The third-order valence-electron chi connectivity index (χ3n) is 4.33. The number of rotatable bonds is 5. The van der Waals surface area contributed by atoms with Crippen molar-refractivity contribution in [3.8, 4) is 6.07 Å². The number of benzene rings is 1. The van der Waals surface area contributed by atoms with Gasteiger partial charge in [-0.2, -0.15) is 5.26 Å². The van der Waals surface area contributed by atoms with Crippen LogP contribution in [-0.4, -0.2) is 35.0 Å². The van der Waals surface area contributed by atoms with Crippen LogP contribution in [-0.2, 0) is 4.74 Å². The monoisotopic (exact) mass is 420 g/mol. The third-order valence-corrected chi connectivity index (χ3v) is 4.86. The van der Waals surface area contributed by atoms with Gasteiger partial charge in [-0.05, 0) is 52.2 Å². The average molecular weight is 421 g/mol. The molecule has 1 aliphatic heterocycles. The second-order valence-electron chi connectivity index (χ2n) is 7.67. The van der Waals surface area contributed by atoms with E-state index in [4.69, 9.17) is 4.74 Å². The zero-order valence-electron chi connectivity index (χ0n) is 15.5. The van der Waals surface area contributed by atoms with Crippen LogP contribution >= 0.6 is 15.9 Å². The maximum Gasteiger partial charge on any atom is 0.410 e. The molecule has 2 rings (SSSR count). The van der Waals surface area contributed by atoms with Crippen molar-refractivity contribution in [3.05, 3.63) is 34.3 Å². The van der Waals surface area contributed by atoms with E-state index in [0.717, 1.165) is 4.47 Å². The van der Waals surface area contributed by atoms with Crippen molar-refractivity contribution < 1.29 is 14.3 Å². The summed E-state index contributed by atoms with van der Waals surface area (Å²) in [4.78, 5) is 26.3. The second-order valence-corrected chi connectivity index (χ2v) is 8.59. The number of hydrogen-bond acceptors (Lipinski definition) is 4. The number of amides is 1. The molecule has 26 heavy (non-hydrogen) atoms. The molecule has 0 spiro atoms. The van der Waals surface area contributed by atoms with Gasteiger partial charge in [-0.1, -0.05) is 28.1 Å². The van der Waals surface area contributed by atoms with Gasteiger partial charge in [0.1, 0.15) is 5.60 Å². The van der Waals surface area contributed by atoms with Crippen LogP contribution in [0, 0.1) is 17.2 Å². The second kappa shape index (κ2) is 8.68. The summed E-state index contributed by atoms with van der Waals surface area (Å²) < 4.78 is 6.40. The third kappa shape index (κ3) is 5.84. The highest BCUT2D eigenvalue weighted by atomic mass is 79.9. The number of carbonyl (C=O) groups excluding carboxylic acids is 2. The number of ether oxygens (including phenoxy) is 1. The van der Waals surface area contributed by atoms with E-state index >= 15 is 0 Å². The summed E-state index contributed by atoms with van der Waals surface area (Å²) in [6.45, 7) is 5.88. The minimum atomic E-state index is -0.566. The smallest absolute Gasteiger partial charge is 0.410 e. The summed E-state index contributed by atoms with van der Waals surface area (Å²) in [5.74, 6) is -0.0779. The Morgan fingerprint density at radius 3 is 2.54 bits per heavy atom. The highest BCUT2D eigenvalue weighted by Gasteiger charge is 2.37. The molecule has 1 amide bonds. The number of halogens is 1. The average Bonchev–Trinajstić information content (AvgIpc) is 2.97. The van der Waals surface area contributed by atoms with Gasteiger partial charge in [-0.15, -0.1) is 0 Å².